The Balaban J connectivity index is 1.55. The number of nitrogens with zero attached hydrogens (tertiary/aromatic N) is 3. The first kappa shape index (κ1) is 19.4. The molecule has 1 atom stereocenters. The number of rotatable bonds is 5. The van der Waals surface area contributed by atoms with Crippen molar-refractivity contribution in [2.75, 3.05) is 11.9 Å². The van der Waals surface area contributed by atoms with Gasteiger partial charge in [0, 0.05) is 11.1 Å². The van der Waals surface area contributed by atoms with Crippen molar-refractivity contribution in [3.8, 4) is 0 Å². The minimum atomic E-state index is -0.490. The lowest BCUT2D eigenvalue weighted by Gasteiger charge is -2.24. The quantitative estimate of drug-likeness (QED) is 0.646. The molecule has 0 radical (unpaired) electrons. The molecule has 0 aliphatic heterocycles. The van der Waals surface area contributed by atoms with Gasteiger partial charge in [-0.3, -0.25) is 15.1 Å². The van der Waals surface area contributed by atoms with Crippen LogP contribution in [0.2, 0.25) is 0 Å². The summed E-state index contributed by atoms with van der Waals surface area (Å²) in [4.78, 5) is 29.9. The van der Waals surface area contributed by atoms with Crippen molar-refractivity contribution in [3.63, 3.8) is 0 Å². The Kier molecular flexibility index (Phi) is 5.53. The van der Waals surface area contributed by atoms with Crippen molar-refractivity contribution < 1.29 is 14.3 Å². The Hall–Kier alpha value is -2.87. The average Bonchev–Trinajstić information content (AvgIpc) is 3.18. The van der Waals surface area contributed by atoms with Crippen LogP contribution in [0.1, 0.15) is 46.9 Å². The highest BCUT2D eigenvalue weighted by atomic mass is 32.1. The number of pyridine rings is 1. The topological polar surface area (TPSA) is 94.1 Å². The van der Waals surface area contributed by atoms with Gasteiger partial charge in [0.05, 0.1) is 11.1 Å². The summed E-state index contributed by atoms with van der Waals surface area (Å²) in [7, 11) is 0. The van der Waals surface area contributed by atoms with E-state index in [1.807, 2.05) is 31.2 Å². The highest BCUT2D eigenvalue weighted by Gasteiger charge is 2.26. The van der Waals surface area contributed by atoms with Gasteiger partial charge in [-0.2, -0.15) is 0 Å². The molecule has 1 N–H and O–H groups in total. The van der Waals surface area contributed by atoms with Crippen LogP contribution in [-0.2, 0) is 28.8 Å². The fourth-order valence-corrected chi connectivity index (χ4v) is 4.30. The van der Waals surface area contributed by atoms with Gasteiger partial charge < -0.3 is 4.74 Å². The normalized spacial score (nSPS) is 15.7. The molecule has 0 saturated carbocycles. The van der Waals surface area contributed by atoms with Crippen LogP contribution in [-0.4, -0.2) is 33.7 Å². The van der Waals surface area contributed by atoms with E-state index in [0.29, 0.717) is 16.6 Å². The van der Waals surface area contributed by atoms with E-state index in [1.54, 1.807) is 0 Å². The summed E-state index contributed by atoms with van der Waals surface area (Å²) in [6, 6.07) is 7.57. The lowest BCUT2D eigenvalue weighted by atomic mass is 9.84. The van der Waals surface area contributed by atoms with E-state index >= 15 is 0 Å². The summed E-state index contributed by atoms with van der Waals surface area (Å²) in [6.07, 6.45) is 3.44. The van der Waals surface area contributed by atoms with Gasteiger partial charge in [0.2, 0.25) is 5.13 Å². The van der Waals surface area contributed by atoms with Crippen LogP contribution < -0.4 is 5.32 Å². The molecule has 2 aromatic heterocycles. The lowest BCUT2D eigenvalue weighted by Crippen LogP contribution is -2.23. The molecule has 1 unspecified atom stereocenters. The molecule has 3 aromatic rings. The van der Waals surface area contributed by atoms with Crippen LogP contribution in [0.15, 0.2) is 24.3 Å². The molecule has 0 fully saturated rings. The van der Waals surface area contributed by atoms with E-state index in [1.165, 1.54) is 11.3 Å². The van der Waals surface area contributed by atoms with E-state index in [4.69, 9.17) is 9.72 Å². The first-order valence-electron chi connectivity index (χ1n) is 9.75. The predicted molar refractivity (Wildman–Crippen MR) is 111 cm³/mol. The maximum atomic E-state index is 13.0. The molecular formula is C21H22N4O3S. The fourth-order valence-electron chi connectivity index (χ4n) is 3.60. The van der Waals surface area contributed by atoms with E-state index in [0.717, 1.165) is 52.9 Å². The second-order valence-electron chi connectivity index (χ2n) is 7.26. The molecular weight excluding hydrogens is 388 g/mol. The van der Waals surface area contributed by atoms with Crippen LogP contribution >= 0.6 is 11.3 Å². The summed E-state index contributed by atoms with van der Waals surface area (Å²) < 4.78 is 5.38. The van der Waals surface area contributed by atoms with Crippen LogP contribution in [0.4, 0.5) is 5.13 Å². The number of nitrogens with one attached hydrogen (secondary N) is 1. The van der Waals surface area contributed by atoms with E-state index in [9.17, 15) is 9.59 Å². The van der Waals surface area contributed by atoms with Crippen molar-refractivity contribution in [1.29, 1.82) is 0 Å². The molecule has 0 spiro atoms. The Bertz CT molecular complexity index is 1080. The number of carbonyl (C=O) groups is 2. The molecule has 0 bridgehead atoms. The molecule has 1 aliphatic rings. The number of benzene rings is 1. The molecule has 1 aliphatic carbocycles. The van der Waals surface area contributed by atoms with Crippen LogP contribution in [0.5, 0.6) is 0 Å². The molecule has 7 nitrogen and oxygen atoms in total. The van der Waals surface area contributed by atoms with Gasteiger partial charge in [-0.25, -0.2) is 4.79 Å². The van der Waals surface area contributed by atoms with Gasteiger partial charge in [-0.05, 0) is 43.2 Å². The van der Waals surface area contributed by atoms with Crippen molar-refractivity contribution >= 4 is 39.2 Å². The second kappa shape index (κ2) is 8.24. The first-order valence-corrected chi connectivity index (χ1v) is 10.6. The van der Waals surface area contributed by atoms with Gasteiger partial charge in [0.15, 0.2) is 6.61 Å². The van der Waals surface area contributed by atoms with Crippen LogP contribution in [0.25, 0.3) is 10.9 Å². The Labute approximate surface area is 172 Å². The largest absolute Gasteiger partial charge is 0.452 e. The summed E-state index contributed by atoms with van der Waals surface area (Å²) in [5.74, 6) is -0.446. The third kappa shape index (κ3) is 4.12. The zero-order valence-corrected chi connectivity index (χ0v) is 17.2. The Morgan fingerprint density at radius 1 is 1.28 bits per heavy atom. The van der Waals surface area contributed by atoms with Gasteiger partial charge in [0.25, 0.3) is 5.91 Å². The third-order valence-corrected chi connectivity index (χ3v) is 6.04. The molecule has 1 aromatic carbocycles. The smallest absolute Gasteiger partial charge is 0.339 e. The number of fused-ring (bicyclic) bond motifs is 2. The van der Waals surface area contributed by atoms with Crippen LogP contribution in [0, 0.1) is 5.92 Å². The van der Waals surface area contributed by atoms with Gasteiger partial charge in [-0.15, -0.1) is 10.2 Å². The van der Waals surface area contributed by atoms with E-state index < -0.39 is 11.9 Å². The van der Waals surface area contributed by atoms with E-state index in [2.05, 4.69) is 22.4 Å². The zero-order valence-electron chi connectivity index (χ0n) is 16.4. The Morgan fingerprint density at radius 3 is 2.90 bits per heavy atom. The number of aryl methyl sites for hydroxylation is 2. The molecule has 4 rings (SSSR count). The van der Waals surface area contributed by atoms with Crippen molar-refractivity contribution in [2.45, 2.75) is 39.5 Å². The number of hydrogen-bond acceptors (Lipinski definition) is 7. The number of carbonyl (C=O) groups excluding carboxylic acids is 2. The molecule has 8 heteroatoms. The minimum Gasteiger partial charge on any atom is -0.452 e. The van der Waals surface area contributed by atoms with Gasteiger partial charge in [0.1, 0.15) is 5.01 Å². The number of aromatic nitrogens is 3. The third-order valence-electron chi connectivity index (χ3n) is 5.06. The number of anilines is 1. The second-order valence-corrected chi connectivity index (χ2v) is 8.32. The maximum Gasteiger partial charge on any atom is 0.339 e. The Morgan fingerprint density at radius 2 is 2.10 bits per heavy atom. The molecule has 29 heavy (non-hydrogen) atoms. The minimum absolute atomic E-state index is 0.374. The zero-order chi connectivity index (χ0) is 20.4. The summed E-state index contributed by atoms with van der Waals surface area (Å²) >= 11 is 1.31. The van der Waals surface area contributed by atoms with Crippen molar-refractivity contribution in [3.05, 3.63) is 46.1 Å². The van der Waals surface area contributed by atoms with Crippen LogP contribution in [0.3, 0.4) is 0 Å². The average molecular weight is 410 g/mol. The highest BCUT2D eigenvalue weighted by molar-refractivity contribution is 7.15. The van der Waals surface area contributed by atoms with E-state index in [-0.39, 0.29) is 6.61 Å². The molecule has 2 heterocycles. The van der Waals surface area contributed by atoms with Crippen molar-refractivity contribution in [2.24, 2.45) is 5.92 Å². The number of ether oxygens (including phenoxy) is 1. The maximum absolute atomic E-state index is 13.0. The number of hydrogen-bond donors (Lipinski definition) is 1. The lowest BCUT2D eigenvalue weighted by molar-refractivity contribution is -0.119. The monoisotopic (exact) mass is 410 g/mol. The summed E-state index contributed by atoms with van der Waals surface area (Å²) in [5, 5.41) is 12.5. The van der Waals surface area contributed by atoms with Gasteiger partial charge in [-0.1, -0.05) is 43.4 Å². The SMILES string of the molecule is CCc1nnc(NC(=O)COC(=O)c2c3c(nc4ccccc24)CCC(C)C3)s1. The number of amides is 1. The summed E-state index contributed by atoms with van der Waals surface area (Å²) in [5.41, 5.74) is 3.22. The fraction of sp³-hybridized carbons (Fsp3) is 0.381. The van der Waals surface area contributed by atoms with Gasteiger partial charge >= 0.3 is 5.97 Å². The van der Waals surface area contributed by atoms with Crippen molar-refractivity contribution in [1.82, 2.24) is 15.2 Å². The molecule has 1 amide bonds. The molecule has 150 valence electrons. The summed E-state index contributed by atoms with van der Waals surface area (Å²) in [6.45, 7) is 3.77. The predicted octanol–water partition coefficient (Wildman–Crippen LogP) is 3.57. The highest BCUT2D eigenvalue weighted by Crippen LogP contribution is 2.32. The standard InChI is InChI=1S/C21H22N4O3S/c1-3-18-24-25-21(29-18)23-17(26)11-28-20(27)19-13-6-4-5-7-15(13)22-16-9-8-12(2)10-14(16)19/h4-7,12H,3,8-11H2,1-2H3,(H,23,25,26). The first-order chi connectivity index (χ1) is 14.0. The number of esters is 1. The number of para-hydroxylation sites is 1. The molecule has 0 saturated heterocycles.